The topological polar surface area (TPSA) is 9.23 Å². The lowest BCUT2D eigenvalue weighted by molar-refractivity contribution is 0.251. The fourth-order valence-corrected chi connectivity index (χ4v) is 5.01. The number of para-hydroxylation sites is 1. The van der Waals surface area contributed by atoms with Crippen LogP contribution in [0, 0.1) is 47.0 Å². The quantitative estimate of drug-likeness (QED) is 0.227. The summed E-state index contributed by atoms with van der Waals surface area (Å²) in [5.74, 6) is -4.79. The van der Waals surface area contributed by atoms with E-state index in [9.17, 15) is 17.6 Å². The van der Waals surface area contributed by atoms with Crippen molar-refractivity contribution >= 4 is 0 Å². The fraction of sp³-hybridized carbons (Fsp3) is 0.379. The standard InChI is InChI=1S/C29H28F5O/c1-2-5-18-8-10-19(11-9-18)12-13-22-23(30)14-15-27(28(22)33)35-26-7-4-3-6-21(26)20-16-24(31)29(34)25(32)17-20/h3-4,6-7,14,16-19H,2,5,8-13H2,1H3/t18-,19-. The summed E-state index contributed by atoms with van der Waals surface area (Å²) in [6.07, 6.45) is 7.86. The summed E-state index contributed by atoms with van der Waals surface area (Å²) in [4.78, 5) is 0. The Balaban J connectivity index is 1.52. The monoisotopic (exact) mass is 487 g/mol. The van der Waals surface area contributed by atoms with E-state index in [4.69, 9.17) is 4.74 Å². The summed E-state index contributed by atoms with van der Waals surface area (Å²) >= 11 is 0. The lowest BCUT2D eigenvalue weighted by atomic mass is 9.78. The molecule has 0 unspecified atom stereocenters. The van der Waals surface area contributed by atoms with E-state index in [0.29, 0.717) is 12.3 Å². The first-order valence-electron chi connectivity index (χ1n) is 12.2. The molecule has 0 saturated heterocycles. The SMILES string of the molecule is CCC[C@H]1CC[C@H](CCc2c(F)c[c]c(Oc3ccccc3-c3cc(F)c(F)c(F)c3)c2F)CC1. The first-order valence-corrected chi connectivity index (χ1v) is 12.2. The van der Waals surface area contributed by atoms with E-state index < -0.39 is 29.1 Å². The van der Waals surface area contributed by atoms with E-state index in [-0.39, 0.29) is 34.6 Å². The van der Waals surface area contributed by atoms with Crippen molar-refractivity contribution in [1.29, 1.82) is 0 Å². The highest BCUT2D eigenvalue weighted by molar-refractivity contribution is 5.71. The van der Waals surface area contributed by atoms with E-state index in [2.05, 4.69) is 13.0 Å². The fourth-order valence-electron chi connectivity index (χ4n) is 5.01. The average Bonchev–Trinajstić information content (AvgIpc) is 2.85. The summed E-state index contributed by atoms with van der Waals surface area (Å²) in [7, 11) is 0. The molecule has 3 aromatic rings. The van der Waals surface area contributed by atoms with Gasteiger partial charge in [0, 0.05) is 17.2 Å². The van der Waals surface area contributed by atoms with Gasteiger partial charge in [-0.05, 0) is 54.5 Å². The highest BCUT2D eigenvalue weighted by atomic mass is 19.2. The molecular formula is C29H28F5O. The van der Waals surface area contributed by atoms with Gasteiger partial charge in [-0.1, -0.05) is 63.6 Å². The second-order valence-electron chi connectivity index (χ2n) is 9.32. The van der Waals surface area contributed by atoms with Crippen LogP contribution in [-0.4, -0.2) is 0 Å². The Morgan fingerprint density at radius 1 is 0.829 bits per heavy atom. The molecule has 0 N–H and O–H groups in total. The van der Waals surface area contributed by atoms with Crippen LogP contribution >= 0.6 is 0 Å². The minimum atomic E-state index is -1.58. The third-order valence-electron chi connectivity index (χ3n) is 6.94. The van der Waals surface area contributed by atoms with Crippen LogP contribution in [-0.2, 0) is 6.42 Å². The molecule has 0 aliphatic heterocycles. The molecule has 6 heteroatoms. The van der Waals surface area contributed by atoms with Crippen molar-refractivity contribution in [3.05, 3.63) is 83.2 Å². The van der Waals surface area contributed by atoms with Gasteiger partial charge in [-0.2, -0.15) is 0 Å². The van der Waals surface area contributed by atoms with Crippen molar-refractivity contribution in [2.75, 3.05) is 0 Å². The highest BCUT2D eigenvalue weighted by Gasteiger charge is 2.23. The third-order valence-corrected chi connectivity index (χ3v) is 6.94. The van der Waals surface area contributed by atoms with Crippen molar-refractivity contribution in [2.45, 2.75) is 58.3 Å². The maximum atomic E-state index is 15.3. The summed E-state index contributed by atoms with van der Waals surface area (Å²) in [5.41, 5.74) is 0.206. The van der Waals surface area contributed by atoms with Gasteiger partial charge in [0.25, 0.3) is 0 Å². The molecule has 1 aliphatic rings. The van der Waals surface area contributed by atoms with Gasteiger partial charge in [0.2, 0.25) is 0 Å². The molecule has 1 radical (unpaired) electrons. The predicted octanol–water partition coefficient (Wildman–Crippen LogP) is 9.18. The number of hydrogen-bond donors (Lipinski definition) is 0. The van der Waals surface area contributed by atoms with Crippen LogP contribution in [0.3, 0.4) is 0 Å². The van der Waals surface area contributed by atoms with E-state index in [1.807, 2.05) is 0 Å². The van der Waals surface area contributed by atoms with Gasteiger partial charge in [-0.25, -0.2) is 22.0 Å². The molecule has 0 atom stereocenters. The largest absolute Gasteiger partial charge is 0.453 e. The van der Waals surface area contributed by atoms with Crippen molar-refractivity contribution in [3.8, 4) is 22.6 Å². The number of halogens is 5. The Morgan fingerprint density at radius 2 is 1.46 bits per heavy atom. The van der Waals surface area contributed by atoms with Crippen LogP contribution < -0.4 is 4.74 Å². The molecule has 1 aliphatic carbocycles. The van der Waals surface area contributed by atoms with Gasteiger partial charge < -0.3 is 4.74 Å². The summed E-state index contributed by atoms with van der Waals surface area (Å²) in [5, 5.41) is 0. The van der Waals surface area contributed by atoms with Crippen molar-refractivity contribution in [3.63, 3.8) is 0 Å². The molecule has 0 amide bonds. The molecule has 1 nitrogen and oxygen atoms in total. The normalized spacial score (nSPS) is 18.0. The van der Waals surface area contributed by atoms with Crippen LogP contribution in [0.5, 0.6) is 11.5 Å². The number of benzene rings is 3. The molecule has 0 bridgehead atoms. The van der Waals surface area contributed by atoms with Gasteiger partial charge in [-0.15, -0.1) is 0 Å². The molecule has 4 rings (SSSR count). The van der Waals surface area contributed by atoms with E-state index in [0.717, 1.165) is 37.0 Å². The maximum Gasteiger partial charge on any atom is 0.194 e. The molecule has 1 saturated carbocycles. The second kappa shape index (κ2) is 11.2. The molecule has 35 heavy (non-hydrogen) atoms. The van der Waals surface area contributed by atoms with Gasteiger partial charge in [0.1, 0.15) is 11.6 Å². The van der Waals surface area contributed by atoms with Crippen molar-refractivity contribution in [2.24, 2.45) is 11.8 Å². The first-order chi connectivity index (χ1) is 16.9. The van der Waals surface area contributed by atoms with E-state index >= 15 is 4.39 Å². The Bertz CT molecular complexity index is 1140. The lowest BCUT2D eigenvalue weighted by Crippen LogP contribution is -2.15. The van der Waals surface area contributed by atoms with Gasteiger partial charge in [0.15, 0.2) is 29.0 Å². The minimum Gasteiger partial charge on any atom is -0.453 e. The smallest absolute Gasteiger partial charge is 0.194 e. The van der Waals surface area contributed by atoms with Crippen LogP contribution in [0.1, 0.15) is 57.4 Å². The average molecular weight is 488 g/mol. The molecule has 3 aromatic carbocycles. The molecule has 0 heterocycles. The zero-order chi connectivity index (χ0) is 24.9. The number of rotatable bonds is 8. The van der Waals surface area contributed by atoms with Gasteiger partial charge in [-0.3, -0.25) is 0 Å². The maximum absolute atomic E-state index is 15.3. The van der Waals surface area contributed by atoms with Gasteiger partial charge in [0.05, 0.1) is 0 Å². The zero-order valence-corrected chi connectivity index (χ0v) is 19.7. The van der Waals surface area contributed by atoms with Crippen LogP contribution in [0.4, 0.5) is 22.0 Å². The van der Waals surface area contributed by atoms with E-state index in [1.54, 1.807) is 12.1 Å². The Labute approximate surface area is 202 Å². The van der Waals surface area contributed by atoms with E-state index in [1.165, 1.54) is 37.8 Å². The molecule has 0 aromatic heterocycles. The van der Waals surface area contributed by atoms with Gasteiger partial charge >= 0.3 is 0 Å². The van der Waals surface area contributed by atoms with Crippen molar-refractivity contribution in [1.82, 2.24) is 0 Å². The Kier molecular flexibility index (Phi) is 8.09. The first kappa shape index (κ1) is 25.2. The lowest BCUT2D eigenvalue weighted by Gasteiger charge is -2.28. The highest BCUT2D eigenvalue weighted by Crippen LogP contribution is 2.38. The molecule has 0 spiro atoms. The van der Waals surface area contributed by atoms with Crippen LogP contribution in [0.2, 0.25) is 0 Å². The zero-order valence-electron chi connectivity index (χ0n) is 19.7. The third kappa shape index (κ3) is 5.85. The number of ether oxygens (including phenoxy) is 1. The summed E-state index contributed by atoms with van der Waals surface area (Å²) in [6.45, 7) is 2.19. The second-order valence-corrected chi connectivity index (χ2v) is 9.32. The van der Waals surface area contributed by atoms with Crippen LogP contribution in [0.15, 0.2) is 42.5 Å². The van der Waals surface area contributed by atoms with Crippen molar-refractivity contribution < 1.29 is 26.7 Å². The summed E-state index contributed by atoms with van der Waals surface area (Å²) < 4.78 is 76.5. The van der Waals surface area contributed by atoms with Crippen LogP contribution in [0.25, 0.3) is 11.1 Å². The predicted molar refractivity (Wildman–Crippen MR) is 126 cm³/mol. The molecule has 185 valence electrons. The minimum absolute atomic E-state index is 0.0263. The summed E-state index contributed by atoms with van der Waals surface area (Å²) in [6, 6.07) is 11.4. The molecule has 1 fully saturated rings. The Hall–Kier alpha value is -2.89. The Morgan fingerprint density at radius 3 is 2.11 bits per heavy atom. The number of hydrogen-bond acceptors (Lipinski definition) is 1. The molecular weight excluding hydrogens is 459 g/mol.